The van der Waals surface area contributed by atoms with Crippen molar-refractivity contribution >= 4 is 11.8 Å². The average Bonchev–Trinajstić information content (AvgIpc) is 2.49. The van der Waals surface area contributed by atoms with E-state index in [9.17, 15) is 10.1 Å². The van der Waals surface area contributed by atoms with Gasteiger partial charge >= 0.3 is 5.97 Å². The summed E-state index contributed by atoms with van der Waals surface area (Å²) in [6.07, 6.45) is 1.68. The Bertz CT molecular complexity index is 565. The maximum atomic E-state index is 11.7. The van der Waals surface area contributed by atoms with Gasteiger partial charge in [0.05, 0.1) is 18.7 Å². The first-order valence-corrected chi connectivity index (χ1v) is 6.65. The number of piperidine rings is 1. The van der Waals surface area contributed by atoms with E-state index in [0.717, 1.165) is 30.6 Å². The summed E-state index contributed by atoms with van der Waals surface area (Å²) in [4.78, 5) is 13.6. The van der Waals surface area contributed by atoms with E-state index in [0.29, 0.717) is 17.9 Å². The predicted molar refractivity (Wildman–Crippen MR) is 73.2 cm³/mol. The molecule has 0 amide bonds. The highest BCUT2D eigenvalue weighted by Crippen LogP contribution is 2.26. The first-order chi connectivity index (χ1) is 9.58. The summed E-state index contributed by atoms with van der Waals surface area (Å²) in [6, 6.07) is 2.20. The molecule has 1 aliphatic rings. The minimum Gasteiger partial charge on any atom is -0.469 e. The van der Waals surface area contributed by atoms with E-state index in [-0.39, 0.29) is 11.9 Å². The van der Waals surface area contributed by atoms with E-state index in [2.05, 4.69) is 16.3 Å². The Kier molecular flexibility index (Phi) is 4.18. The molecule has 1 atom stereocenters. The van der Waals surface area contributed by atoms with Crippen LogP contribution in [0.5, 0.6) is 0 Å². The number of aryl methyl sites for hydroxylation is 1. The largest absolute Gasteiger partial charge is 0.469 e. The van der Waals surface area contributed by atoms with Crippen molar-refractivity contribution in [2.45, 2.75) is 26.7 Å². The van der Waals surface area contributed by atoms with Gasteiger partial charge in [-0.3, -0.25) is 4.79 Å². The summed E-state index contributed by atoms with van der Waals surface area (Å²) in [5.41, 5.74) is 2.15. The lowest BCUT2D eigenvalue weighted by Gasteiger charge is -2.32. The number of methoxy groups -OCH3 is 1. The SMILES string of the molecule is COC(=O)[C@@H]1CCCN(c2nnc(C)c(C)c2C#N)C1. The molecule has 1 aromatic heterocycles. The number of ether oxygens (including phenoxy) is 1. The van der Waals surface area contributed by atoms with Gasteiger partial charge in [0.25, 0.3) is 0 Å². The fourth-order valence-corrected chi connectivity index (χ4v) is 2.48. The number of nitriles is 1. The Morgan fingerprint density at radius 2 is 2.20 bits per heavy atom. The summed E-state index contributed by atoms with van der Waals surface area (Å²) in [7, 11) is 1.40. The second-order valence-electron chi connectivity index (χ2n) is 5.03. The molecule has 6 heteroatoms. The van der Waals surface area contributed by atoms with Crippen LogP contribution in [0.15, 0.2) is 0 Å². The van der Waals surface area contributed by atoms with E-state index >= 15 is 0 Å². The van der Waals surface area contributed by atoms with Gasteiger partial charge in [-0.25, -0.2) is 0 Å². The number of hydrogen-bond acceptors (Lipinski definition) is 6. The number of rotatable bonds is 2. The molecule has 0 saturated carbocycles. The molecule has 106 valence electrons. The molecule has 0 unspecified atom stereocenters. The van der Waals surface area contributed by atoms with Crippen molar-refractivity contribution in [1.29, 1.82) is 5.26 Å². The van der Waals surface area contributed by atoms with Crippen LogP contribution in [0, 0.1) is 31.1 Å². The van der Waals surface area contributed by atoms with Gasteiger partial charge < -0.3 is 9.64 Å². The summed E-state index contributed by atoms with van der Waals surface area (Å²) >= 11 is 0. The zero-order chi connectivity index (χ0) is 14.7. The molecule has 1 saturated heterocycles. The molecule has 0 aliphatic carbocycles. The van der Waals surface area contributed by atoms with E-state index in [4.69, 9.17) is 4.74 Å². The highest BCUT2D eigenvalue weighted by atomic mass is 16.5. The molecule has 1 aliphatic heterocycles. The van der Waals surface area contributed by atoms with Crippen molar-refractivity contribution in [2.24, 2.45) is 5.92 Å². The Hall–Kier alpha value is -2.16. The highest BCUT2D eigenvalue weighted by molar-refractivity contribution is 5.73. The fraction of sp³-hybridized carbons (Fsp3) is 0.571. The van der Waals surface area contributed by atoms with Crippen LogP contribution in [-0.4, -0.2) is 36.4 Å². The maximum absolute atomic E-state index is 11.7. The second kappa shape index (κ2) is 5.87. The van der Waals surface area contributed by atoms with Crippen molar-refractivity contribution in [2.75, 3.05) is 25.1 Å². The van der Waals surface area contributed by atoms with E-state index in [1.54, 1.807) is 0 Å². The Balaban J connectivity index is 2.30. The van der Waals surface area contributed by atoms with Crippen LogP contribution in [-0.2, 0) is 9.53 Å². The first-order valence-electron chi connectivity index (χ1n) is 6.65. The number of nitrogens with zero attached hydrogens (tertiary/aromatic N) is 4. The van der Waals surface area contributed by atoms with Crippen molar-refractivity contribution < 1.29 is 9.53 Å². The third kappa shape index (κ3) is 2.57. The fourth-order valence-electron chi connectivity index (χ4n) is 2.48. The molecule has 20 heavy (non-hydrogen) atoms. The lowest BCUT2D eigenvalue weighted by molar-refractivity contribution is -0.145. The third-order valence-electron chi connectivity index (χ3n) is 3.80. The van der Waals surface area contributed by atoms with Crippen LogP contribution >= 0.6 is 0 Å². The summed E-state index contributed by atoms with van der Waals surface area (Å²) < 4.78 is 4.81. The van der Waals surface area contributed by atoms with Gasteiger partial charge in [-0.2, -0.15) is 10.4 Å². The Labute approximate surface area is 118 Å². The van der Waals surface area contributed by atoms with Crippen molar-refractivity contribution in [3.05, 3.63) is 16.8 Å². The summed E-state index contributed by atoms with van der Waals surface area (Å²) in [5, 5.41) is 17.6. The molecule has 0 bridgehead atoms. The molecule has 2 heterocycles. The molecule has 1 fully saturated rings. The molecular weight excluding hydrogens is 256 g/mol. The van der Waals surface area contributed by atoms with Crippen LogP contribution in [0.25, 0.3) is 0 Å². The minimum atomic E-state index is -0.204. The number of aromatic nitrogens is 2. The lowest BCUT2D eigenvalue weighted by Crippen LogP contribution is -2.40. The van der Waals surface area contributed by atoms with Gasteiger partial charge in [0.2, 0.25) is 0 Å². The van der Waals surface area contributed by atoms with Gasteiger partial charge in [0, 0.05) is 13.1 Å². The third-order valence-corrected chi connectivity index (χ3v) is 3.80. The predicted octanol–water partition coefficient (Wildman–Crippen LogP) is 1.35. The summed E-state index contributed by atoms with van der Waals surface area (Å²) in [5.74, 6) is 0.206. The standard InChI is InChI=1S/C14H18N4O2/c1-9-10(2)16-17-13(12(9)7-15)18-6-4-5-11(8-18)14(19)20-3/h11H,4-6,8H2,1-3H3/t11-/m1/s1. The van der Waals surface area contributed by atoms with Crippen LogP contribution in [0.4, 0.5) is 5.82 Å². The second-order valence-corrected chi connectivity index (χ2v) is 5.03. The number of hydrogen-bond donors (Lipinski definition) is 0. The van der Waals surface area contributed by atoms with E-state index in [1.807, 2.05) is 18.7 Å². The first kappa shape index (κ1) is 14.3. The molecule has 0 aromatic carbocycles. The van der Waals surface area contributed by atoms with E-state index in [1.165, 1.54) is 7.11 Å². The number of anilines is 1. The zero-order valence-corrected chi connectivity index (χ0v) is 12.0. The monoisotopic (exact) mass is 274 g/mol. The van der Waals surface area contributed by atoms with Gasteiger partial charge in [-0.15, -0.1) is 5.10 Å². The molecular formula is C14H18N4O2. The quantitative estimate of drug-likeness (QED) is 0.757. The molecule has 0 radical (unpaired) electrons. The van der Waals surface area contributed by atoms with Crippen LogP contribution in [0.2, 0.25) is 0 Å². The molecule has 0 N–H and O–H groups in total. The maximum Gasteiger partial charge on any atom is 0.310 e. The molecule has 6 nitrogen and oxygen atoms in total. The number of carbonyl (C=O) groups excluding carboxylic acids is 1. The van der Waals surface area contributed by atoms with Crippen LogP contribution in [0.1, 0.15) is 29.7 Å². The Morgan fingerprint density at radius 3 is 2.85 bits per heavy atom. The number of esters is 1. The van der Waals surface area contributed by atoms with Gasteiger partial charge in [0.1, 0.15) is 11.6 Å². The lowest BCUT2D eigenvalue weighted by atomic mass is 9.97. The van der Waals surface area contributed by atoms with E-state index < -0.39 is 0 Å². The zero-order valence-electron chi connectivity index (χ0n) is 12.0. The van der Waals surface area contributed by atoms with Gasteiger partial charge in [0.15, 0.2) is 5.82 Å². The van der Waals surface area contributed by atoms with Crippen molar-refractivity contribution in [1.82, 2.24) is 10.2 Å². The molecule has 2 rings (SSSR count). The minimum absolute atomic E-state index is 0.163. The van der Waals surface area contributed by atoms with Crippen LogP contribution < -0.4 is 4.90 Å². The number of carbonyl (C=O) groups is 1. The smallest absolute Gasteiger partial charge is 0.310 e. The van der Waals surface area contributed by atoms with Gasteiger partial charge in [-0.1, -0.05) is 0 Å². The molecule has 0 spiro atoms. The molecule has 1 aromatic rings. The average molecular weight is 274 g/mol. The summed E-state index contributed by atoms with van der Waals surface area (Å²) in [6.45, 7) is 5.01. The topological polar surface area (TPSA) is 79.1 Å². The highest BCUT2D eigenvalue weighted by Gasteiger charge is 2.29. The van der Waals surface area contributed by atoms with Crippen LogP contribution in [0.3, 0.4) is 0 Å². The Morgan fingerprint density at radius 1 is 1.45 bits per heavy atom. The normalized spacial score (nSPS) is 18.5. The van der Waals surface area contributed by atoms with Gasteiger partial charge in [-0.05, 0) is 32.3 Å². The van der Waals surface area contributed by atoms with Crippen molar-refractivity contribution in [3.8, 4) is 6.07 Å². The van der Waals surface area contributed by atoms with Crippen molar-refractivity contribution in [3.63, 3.8) is 0 Å².